The molecule has 2 nitrogen and oxygen atoms in total. The van der Waals surface area contributed by atoms with Crippen molar-refractivity contribution >= 4 is 33.3 Å². The highest BCUT2D eigenvalue weighted by Crippen LogP contribution is 2.30. The minimum atomic E-state index is 0.561. The van der Waals surface area contributed by atoms with Gasteiger partial charge in [-0.15, -0.1) is 11.3 Å². The van der Waals surface area contributed by atoms with E-state index in [-0.39, 0.29) is 0 Å². The van der Waals surface area contributed by atoms with Gasteiger partial charge in [0.25, 0.3) is 0 Å². The zero-order valence-corrected chi connectivity index (χ0v) is 12.9. The smallest absolute Gasteiger partial charge is 0.0954 e. The number of para-hydroxylation sites is 1. The van der Waals surface area contributed by atoms with Crippen molar-refractivity contribution in [3.8, 4) is 0 Å². The number of likely N-dealkylation sites (N-methyl/N-ethyl adjacent to an activating group) is 1. The number of hydrogen-bond acceptors (Lipinski definition) is 4. The Balaban J connectivity index is 1.74. The van der Waals surface area contributed by atoms with Crippen molar-refractivity contribution in [3.05, 3.63) is 29.3 Å². The van der Waals surface area contributed by atoms with Gasteiger partial charge in [0.15, 0.2) is 0 Å². The summed E-state index contributed by atoms with van der Waals surface area (Å²) in [6.07, 6.45) is 5.18. The summed E-state index contributed by atoms with van der Waals surface area (Å²) >= 11 is 3.98. The van der Waals surface area contributed by atoms with Gasteiger partial charge in [-0.2, -0.15) is 11.8 Å². The maximum Gasteiger partial charge on any atom is 0.0954 e. The predicted molar refractivity (Wildman–Crippen MR) is 86.3 cm³/mol. The normalized spacial score (nSPS) is 21.6. The number of fused-ring (bicyclic) bond motifs is 1. The molecule has 1 aliphatic rings. The molecule has 0 saturated carbocycles. The number of hydrogen-bond donors (Lipinski definition) is 1. The fourth-order valence-electron chi connectivity index (χ4n) is 2.70. The molecule has 0 bridgehead atoms. The largest absolute Gasteiger partial charge is 0.315 e. The summed E-state index contributed by atoms with van der Waals surface area (Å²) in [7, 11) is 2.09. The van der Waals surface area contributed by atoms with E-state index in [1.54, 1.807) is 0 Å². The topological polar surface area (TPSA) is 24.9 Å². The molecule has 1 aliphatic heterocycles. The second kappa shape index (κ2) is 6.25. The molecule has 0 radical (unpaired) electrons. The average molecular weight is 292 g/mol. The molecule has 2 atom stereocenters. The molecule has 1 aromatic heterocycles. The van der Waals surface area contributed by atoms with Crippen LogP contribution in [0.3, 0.4) is 0 Å². The van der Waals surface area contributed by atoms with Crippen molar-refractivity contribution in [2.45, 2.75) is 37.0 Å². The summed E-state index contributed by atoms with van der Waals surface area (Å²) in [4.78, 5) is 4.76. The van der Waals surface area contributed by atoms with Gasteiger partial charge in [0.1, 0.15) is 0 Å². The van der Waals surface area contributed by atoms with Gasteiger partial charge in [0, 0.05) is 17.7 Å². The van der Waals surface area contributed by atoms with Gasteiger partial charge < -0.3 is 5.32 Å². The second-order valence-electron chi connectivity index (χ2n) is 5.08. The molecule has 0 amide bonds. The molecule has 0 aliphatic carbocycles. The van der Waals surface area contributed by atoms with Crippen LogP contribution in [-0.4, -0.2) is 29.1 Å². The Hall–Kier alpha value is -0.580. The van der Waals surface area contributed by atoms with Gasteiger partial charge in [-0.05, 0) is 37.8 Å². The Labute approximate surface area is 123 Å². The lowest BCUT2D eigenvalue weighted by molar-refractivity contribution is 0.494. The highest BCUT2D eigenvalue weighted by molar-refractivity contribution is 8.00. The summed E-state index contributed by atoms with van der Waals surface area (Å²) < 4.78 is 1.31. The quantitative estimate of drug-likeness (QED) is 0.930. The molecule has 2 heterocycles. The van der Waals surface area contributed by atoms with E-state index in [0.717, 1.165) is 17.2 Å². The Morgan fingerprint density at radius 1 is 1.37 bits per heavy atom. The molecule has 19 heavy (non-hydrogen) atoms. The van der Waals surface area contributed by atoms with E-state index in [0.29, 0.717) is 6.04 Å². The van der Waals surface area contributed by atoms with Gasteiger partial charge in [0.05, 0.1) is 15.2 Å². The molecule has 2 unspecified atom stereocenters. The fraction of sp³-hybridized carbons (Fsp3) is 0.533. The third-order valence-corrected chi connectivity index (χ3v) is 6.34. The van der Waals surface area contributed by atoms with Crippen LogP contribution in [0, 0.1) is 0 Å². The molecule has 2 aromatic rings. The predicted octanol–water partition coefficient (Wildman–Crippen LogP) is 3.71. The molecular weight excluding hydrogens is 272 g/mol. The van der Waals surface area contributed by atoms with Gasteiger partial charge in [-0.25, -0.2) is 4.98 Å². The van der Waals surface area contributed by atoms with Gasteiger partial charge in [0.2, 0.25) is 0 Å². The molecule has 1 fully saturated rings. The molecular formula is C15H20N2S2. The lowest BCUT2D eigenvalue weighted by atomic mass is 10.0. The Bertz CT molecular complexity index is 499. The van der Waals surface area contributed by atoms with Crippen molar-refractivity contribution in [3.63, 3.8) is 0 Å². The van der Waals surface area contributed by atoms with Crippen LogP contribution in [0.4, 0.5) is 0 Å². The lowest BCUT2D eigenvalue weighted by Crippen LogP contribution is -2.38. The van der Waals surface area contributed by atoms with E-state index in [4.69, 9.17) is 4.98 Å². The molecule has 102 valence electrons. The zero-order chi connectivity index (χ0) is 13.1. The summed E-state index contributed by atoms with van der Waals surface area (Å²) in [5, 5.41) is 5.54. The SMILES string of the molecule is CNC(Cc1nc2ccccc2s1)C1CCCCS1. The van der Waals surface area contributed by atoms with Crippen molar-refractivity contribution in [1.82, 2.24) is 10.3 Å². The summed E-state index contributed by atoms with van der Waals surface area (Å²) in [6.45, 7) is 0. The average Bonchev–Trinajstić information content (AvgIpc) is 2.88. The monoisotopic (exact) mass is 292 g/mol. The Morgan fingerprint density at radius 2 is 2.26 bits per heavy atom. The molecule has 1 saturated heterocycles. The first-order chi connectivity index (χ1) is 9.36. The standard InChI is InChI=1S/C15H20N2S2/c1-16-12(13-7-4-5-9-18-13)10-15-17-11-6-2-3-8-14(11)19-15/h2-3,6,8,12-13,16H,4-5,7,9-10H2,1H3. The zero-order valence-electron chi connectivity index (χ0n) is 11.3. The van der Waals surface area contributed by atoms with E-state index < -0.39 is 0 Å². The van der Waals surface area contributed by atoms with Crippen LogP contribution in [0.15, 0.2) is 24.3 Å². The highest BCUT2D eigenvalue weighted by atomic mass is 32.2. The van der Waals surface area contributed by atoms with Crippen molar-refractivity contribution in [2.75, 3.05) is 12.8 Å². The van der Waals surface area contributed by atoms with Crippen LogP contribution in [0.5, 0.6) is 0 Å². The molecule has 1 aromatic carbocycles. The molecule has 4 heteroatoms. The minimum Gasteiger partial charge on any atom is -0.315 e. The fourth-order valence-corrected chi connectivity index (χ4v) is 5.19. The first-order valence-corrected chi connectivity index (χ1v) is 8.86. The van der Waals surface area contributed by atoms with Gasteiger partial charge in [-0.1, -0.05) is 18.6 Å². The molecule has 3 rings (SSSR count). The second-order valence-corrected chi connectivity index (χ2v) is 7.54. The van der Waals surface area contributed by atoms with Crippen LogP contribution >= 0.6 is 23.1 Å². The first kappa shape index (κ1) is 13.4. The van der Waals surface area contributed by atoms with Crippen molar-refractivity contribution < 1.29 is 0 Å². The van der Waals surface area contributed by atoms with Crippen molar-refractivity contribution in [2.24, 2.45) is 0 Å². The number of thioether (sulfide) groups is 1. The summed E-state index contributed by atoms with van der Waals surface area (Å²) in [6, 6.07) is 9.00. The van der Waals surface area contributed by atoms with E-state index in [9.17, 15) is 0 Å². The number of rotatable bonds is 4. The maximum absolute atomic E-state index is 4.76. The third-order valence-electron chi connectivity index (χ3n) is 3.77. The number of benzene rings is 1. The van der Waals surface area contributed by atoms with Crippen LogP contribution in [0.1, 0.15) is 24.3 Å². The third kappa shape index (κ3) is 3.12. The number of aromatic nitrogens is 1. The van der Waals surface area contributed by atoms with Crippen molar-refractivity contribution in [1.29, 1.82) is 0 Å². The van der Waals surface area contributed by atoms with Gasteiger partial charge >= 0.3 is 0 Å². The summed E-state index contributed by atoms with van der Waals surface area (Å²) in [5.74, 6) is 1.32. The molecule has 1 N–H and O–H groups in total. The van der Waals surface area contributed by atoms with Crippen LogP contribution < -0.4 is 5.32 Å². The number of nitrogens with zero attached hydrogens (tertiary/aromatic N) is 1. The van der Waals surface area contributed by atoms with Crippen LogP contribution in [0.25, 0.3) is 10.2 Å². The van der Waals surface area contributed by atoms with Crippen LogP contribution in [-0.2, 0) is 6.42 Å². The minimum absolute atomic E-state index is 0.561. The van der Waals surface area contributed by atoms with Crippen LogP contribution in [0.2, 0.25) is 0 Å². The van der Waals surface area contributed by atoms with Gasteiger partial charge in [-0.3, -0.25) is 0 Å². The van der Waals surface area contributed by atoms with E-state index in [2.05, 4.69) is 48.4 Å². The first-order valence-electron chi connectivity index (χ1n) is 7.00. The summed E-state index contributed by atoms with van der Waals surface area (Å²) in [5.41, 5.74) is 1.15. The lowest BCUT2D eigenvalue weighted by Gasteiger charge is -2.29. The van der Waals surface area contributed by atoms with E-state index in [1.165, 1.54) is 34.7 Å². The maximum atomic E-state index is 4.76. The van der Waals surface area contributed by atoms with E-state index >= 15 is 0 Å². The number of thiazole rings is 1. The Kier molecular flexibility index (Phi) is 4.41. The highest BCUT2D eigenvalue weighted by Gasteiger charge is 2.24. The number of nitrogens with one attached hydrogen (secondary N) is 1. The molecule has 0 spiro atoms. The Morgan fingerprint density at radius 3 is 3.00 bits per heavy atom. The van der Waals surface area contributed by atoms with E-state index in [1.807, 2.05) is 11.3 Å².